The molecule has 0 fully saturated rings. The van der Waals surface area contributed by atoms with Gasteiger partial charge in [0, 0.05) is 13.1 Å². The number of nitrogens with zero attached hydrogens (tertiary/aromatic N) is 2. The number of hydrogen-bond donors (Lipinski definition) is 0. The summed E-state index contributed by atoms with van der Waals surface area (Å²) < 4.78 is 25.5. The SMILES string of the molecule is COc1cc2c(cc1OC)CN(c1nc3c(F)cccc3s1)CC2. The highest BCUT2D eigenvalue weighted by molar-refractivity contribution is 7.22. The standard InChI is InChI=1S/C18H17FN2O2S/c1-22-14-8-11-6-7-21(10-12(11)9-15(14)23-2)18-20-17-13(19)4-3-5-16(17)24-18/h3-5,8-9H,6-7,10H2,1-2H3. The number of thiazole rings is 1. The molecule has 4 rings (SSSR count). The van der Waals surface area contributed by atoms with Crippen molar-refractivity contribution in [1.82, 2.24) is 4.98 Å². The maximum atomic E-state index is 13.9. The summed E-state index contributed by atoms with van der Waals surface area (Å²) in [4.78, 5) is 6.69. The Morgan fingerprint density at radius 1 is 1.12 bits per heavy atom. The van der Waals surface area contributed by atoms with E-state index in [1.165, 1.54) is 28.5 Å². The molecule has 0 aliphatic carbocycles. The summed E-state index contributed by atoms with van der Waals surface area (Å²) in [5, 5.41) is 0.857. The molecule has 0 amide bonds. The van der Waals surface area contributed by atoms with Gasteiger partial charge in [0.15, 0.2) is 16.6 Å². The van der Waals surface area contributed by atoms with Gasteiger partial charge < -0.3 is 14.4 Å². The molecule has 0 atom stereocenters. The third kappa shape index (κ3) is 2.47. The van der Waals surface area contributed by atoms with Crippen LogP contribution in [0.3, 0.4) is 0 Å². The summed E-state index contributed by atoms with van der Waals surface area (Å²) in [5.74, 6) is 1.22. The highest BCUT2D eigenvalue weighted by atomic mass is 32.1. The Morgan fingerprint density at radius 2 is 1.88 bits per heavy atom. The first-order valence-corrected chi connectivity index (χ1v) is 8.55. The second-order valence-corrected chi connectivity index (χ2v) is 6.74. The van der Waals surface area contributed by atoms with Crippen LogP contribution in [0.4, 0.5) is 9.52 Å². The van der Waals surface area contributed by atoms with Crippen LogP contribution in [0.1, 0.15) is 11.1 Å². The molecule has 0 unspecified atom stereocenters. The zero-order valence-corrected chi connectivity index (χ0v) is 14.3. The van der Waals surface area contributed by atoms with Crippen LogP contribution in [0.5, 0.6) is 11.5 Å². The molecular formula is C18H17FN2O2S. The van der Waals surface area contributed by atoms with Crippen LogP contribution >= 0.6 is 11.3 Å². The second-order valence-electron chi connectivity index (χ2n) is 5.73. The van der Waals surface area contributed by atoms with Gasteiger partial charge in [-0.25, -0.2) is 9.37 Å². The van der Waals surface area contributed by atoms with E-state index in [0.717, 1.165) is 40.8 Å². The smallest absolute Gasteiger partial charge is 0.186 e. The summed E-state index contributed by atoms with van der Waals surface area (Å²) >= 11 is 1.53. The Morgan fingerprint density at radius 3 is 2.58 bits per heavy atom. The Bertz CT molecular complexity index is 909. The van der Waals surface area contributed by atoms with E-state index in [1.807, 2.05) is 18.2 Å². The van der Waals surface area contributed by atoms with E-state index in [-0.39, 0.29) is 5.82 Å². The largest absolute Gasteiger partial charge is 0.493 e. The summed E-state index contributed by atoms with van der Waals surface area (Å²) in [6.07, 6.45) is 0.897. The molecule has 0 saturated heterocycles. The predicted molar refractivity (Wildman–Crippen MR) is 93.9 cm³/mol. The molecule has 24 heavy (non-hydrogen) atoms. The van der Waals surface area contributed by atoms with Crippen molar-refractivity contribution in [2.24, 2.45) is 0 Å². The number of anilines is 1. The Labute approximate surface area is 143 Å². The third-order valence-corrected chi connectivity index (χ3v) is 5.43. The number of benzene rings is 2. The maximum absolute atomic E-state index is 13.9. The van der Waals surface area contributed by atoms with Crippen LogP contribution in [0.15, 0.2) is 30.3 Å². The van der Waals surface area contributed by atoms with Crippen molar-refractivity contribution in [3.8, 4) is 11.5 Å². The lowest BCUT2D eigenvalue weighted by atomic mass is 9.99. The lowest BCUT2D eigenvalue weighted by Crippen LogP contribution is -2.30. The van der Waals surface area contributed by atoms with Gasteiger partial charge in [-0.05, 0) is 41.8 Å². The number of methoxy groups -OCH3 is 2. The van der Waals surface area contributed by atoms with Crippen LogP contribution in [0.25, 0.3) is 10.2 Å². The number of para-hydroxylation sites is 1. The number of rotatable bonds is 3. The minimum atomic E-state index is -0.265. The highest BCUT2D eigenvalue weighted by Crippen LogP contribution is 2.36. The zero-order valence-electron chi connectivity index (χ0n) is 13.5. The monoisotopic (exact) mass is 344 g/mol. The summed E-state index contributed by atoms with van der Waals surface area (Å²) in [6.45, 7) is 1.58. The average molecular weight is 344 g/mol. The molecule has 3 aromatic rings. The van der Waals surface area contributed by atoms with Crippen LogP contribution in [-0.4, -0.2) is 25.7 Å². The first kappa shape index (κ1) is 15.2. The molecule has 1 aromatic heterocycles. The fraction of sp³-hybridized carbons (Fsp3) is 0.278. The van der Waals surface area contributed by atoms with Crippen LogP contribution in [0, 0.1) is 5.82 Å². The minimum absolute atomic E-state index is 0.265. The van der Waals surface area contributed by atoms with Crippen molar-refractivity contribution in [3.05, 3.63) is 47.3 Å². The van der Waals surface area contributed by atoms with Crippen LogP contribution < -0.4 is 14.4 Å². The molecule has 1 aliphatic rings. The van der Waals surface area contributed by atoms with Gasteiger partial charge in [-0.3, -0.25) is 0 Å². The number of aromatic nitrogens is 1. The number of halogens is 1. The molecule has 1 aliphatic heterocycles. The first-order valence-electron chi connectivity index (χ1n) is 7.73. The lowest BCUT2D eigenvalue weighted by molar-refractivity contribution is 0.353. The maximum Gasteiger partial charge on any atom is 0.186 e. The van der Waals surface area contributed by atoms with Gasteiger partial charge in [0.25, 0.3) is 0 Å². The second kappa shape index (κ2) is 5.94. The Hall–Kier alpha value is -2.34. The first-order chi connectivity index (χ1) is 11.7. The van der Waals surface area contributed by atoms with E-state index in [4.69, 9.17) is 9.47 Å². The van der Waals surface area contributed by atoms with Crippen LogP contribution in [0.2, 0.25) is 0 Å². The molecule has 0 saturated carbocycles. The molecule has 0 radical (unpaired) electrons. The minimum Gasteiger partial charge on any atom is -0.493 e. The average Bonchev–Trinajstić information content (AvgIpc) is 3.05. The van der Waals surface area contributed by atoms with Gasteiger partial charge in [0.1, 0.15) is 11.3 Å². The number of ether oxygens (including phenoxy) is 2. The van der Waals surface area contributed by atoms with Gasteiger partial charge in [0.05, 0.1) is 18.9 Å². The normalized spacial score (nSPS) is 13.9. The number of fused-ring (bicyclic) bond motifs is 2. The molecule has 2 aromatic carbocycles. The van der Waals surface area contributed by atoms with Gasteiger partial charge in [-0.2, -0.15) is 0 Å². The van der Waals surface area contributed by atoms with Crippen molar-refractivity contribution in [2.45, 2.75) is 13.0 Å². The Balaban J connectivity index is 1.69. The fourth-order valence-corrected chi connectivity index (χ4v) is 4.09. The number of hydrogen-bond acceptors (Lipinski definition) is 5. The van der Waals surface area contributed by atoms with Crippen molar-refractivity contribution in [1.29, 1.82) is 0 Å². The van der Waals surface area contributed by atoms with Gasteiger partial charge >= 0.3 is 0 Å². The van der Waals surface area contributed by atoms with Crippen LogP contribution in [-0.2, 0) is 13.0 Å². The van der Waals surface area contributed by atoms with E-state index in [9.17, 15) is 4.39 Å². The van der Waals surface area contributed by atoms with E-state index >= 15 is 0 Å². The molecule has 4 nitrogen and oxygen atoms in total. The third-order valence-electron chi connectivity index (χ3n) is 4.35. The van der Waals surface area contributed by atoms with E-state index in [0.29, 0.717) is 5.52 Å². The lowest BCUT2D eigenvalue weighted by Gasteiger charge is -2.29. The molecule has 6 heteroatoms. The van der Waals surface area contributed by atoms with Crippen molar-refractivity contribution < 1.29 is 13.9 Å². The van der Waals surface area contributed by atoms with Crippen molar-refractivity contribution in [2.75, 3.05) is 25.7 Å². The zero-order chi connectivity index (χ0) is 16.7. The summed E-state index contributed by atoms with van der Waals surface area (Å²) in [6, 6.07) is 9.15. The molecule has 0 spiro atoms. The van der Waals surface area contributed by atoms with E-state index in [2.05, 4.69) is 9.88 Å². The van der Waals surface area contributed by atoms with Gasteiger partial charge in [-0.15, -0.1) is 0 Å². The van der Waals surface area contributed by atoms with Gasteiger partial charge in [-0.1, -0.05) is 17.4 Å². The quantitative estimate of drug-likeness (QED) is 0.719. The molecular weight excluding hydrogens is 327 g/mol. The highest BCUT2D eigenvalue weighted by Gasteiger charge is 2.22. The molecule has 124 valence electrons. The topological polar surface area (TPSA) is 34.6 Å². The van der Waals surface area contributed by atoms with Gasteiger partial charge in [0.2, 0.25) is 0 Å². The van der Waals surface area contributed by atoms with Crippen molar-refractivity contribution in [3.63, 3.8) is 0 Å². The van der Waals surface area contributed by atoms with E-state index < -0.39 is 0 Å². The Kier molecular flexibility index (Phi) is 3.76. The molecule has 0 bridgehead atoms. The summed E-state index contributed by atoms with van der Waals surface area (Å²) in [7, 11) is 3.29. The summed E-state index contributed by atoms with van der Waals surface area (Å²) in [5.41, 5.74) is 2.91. The predicted octanol–water partition coefficient (Wildman–Crippen LogP) is 4.02. The fourth-order valence-electron chi connectivity index (χ4n) is 3.08. The molecule has 2 heterocycles. The van der Waals surface area contributed by atoms with Crippen molar-refractivity contribution >= 4 is 26.7 Å². The van der Waals surface area contributed by atoms with E-state index in [1.54, 1.807) is 20.3 Å². The molecule has 0 N–H and O–H groups in total.